The Morgan fingerprint density at radius 3 is 2.71 bits per heavy atom. The van der Waals surface area contributed by atoms with Gasteiger partial charge in [-0.15, -0.1) is 11.3 Å². The zero-order valence-electron chi connectivity index (χ0n) is 13.5. The third-order valence-corrected chi connectivity index (χ3v) is 4.31. The van der Waals surface area contributed by atoms with Crippen LogP contribution in [0.4, 0.5) is 5.69 Å². The number of thiophene rings is 1. The fourth-order valence-electron chi connectivity index (χ4n) is 1.89. The molecule has 0 unspecified atom stereocenters. The van der Waals surface area contributed by atoms with Gasteiger partial charge in [0.2, 0.25) is 0 Å². The van der Waals surface area contributed by atoms with Crippen molar-refractivity contribution in [1.82, 2.24) is 5.43 Å². The zero-order chi connectivity index (χ0) is 17.7. The molecule has 0 atom stereocenters. The smallest absolute Gasteiger partial charge is 0.283 e. The molecule has 0 bridgehead atoms. The molecule has 24 heavy (non-hydrogen) atoms. The Balaban J connectivity index is 1.85. The molecular formula is C16H17N3O4S. The van der Waals surface area contributed by atoms with Gasteiger partial charge in [0.15, 0.2) is 6.61 Å². The number of carbonyl (C=O) groups is 1. The first-order valence-electron chi connectivity index (χ1n) is 7.13. The van der Waals surface area contributed by atoms with E-state index < -0.39 is 10.8 Å². The molecule has 1 heterocycles. The number of benzene rings is 1. The van der Waals surface area contributed by atoms with Gasteiger partial charge < -0.3 is 4.74 Å². The van der Waals surface area contributed by atoms with Crippen molar-refractivity contribution in [1.29, 1.82) is 0 Å². The van der Waals surface area contributed by atoms with Crippen LogP contribution in [0, 0.1) is 30.9 Å². The molecule has 2 aromatic rings. The van der Waals surface area contributed by atoms with E-state index >= 15 is 0 Å². The van der Waals surface area contributed by atoms with Gasteiger partial charge in [-0.05, 0) is 44.0 Å². The van der Waals surface area contributed by atoms with E-state index in [1.165, 1.54) is 23.6 Å². The van der Waals surface area contributed by atoms with Gasteiger partial charge in [0, 0.05) is 6.07 Å². The van der Waals surface area contributed by atoms with Crippen LogP contribution in [-0.4, -0.2) is 23.7 Å². The van der Waals surface area contributed by atoms with Gasteiger partial charge in [0.25, 0.3) is 11.6 Å². The van der Waals surface area contributed by atoms with Crippen molar-refractivity contribution in [2.75, 3.05) is 6.61 Å². The summed E-state index contributed by atoms with van der Waals surface area (Å²) in [5.74, 6) is 0.203. The number of ether oxygens (including phenoxy) is 1. The number of nitro groups is 1. The minimum atomic E-state index is -0.445. The molecule has 1 N–H and O–H groups in total. The zero-order valence-corrected chi connectivity index (χ0v) is 14.3. The number of hydrogen-bond donors (Lipinski definition) is 1. The topological polar surface area (TPSA) is 93.8 Å². The van der Waals surface area contributed by atoms with Crippen molar-refractivity contribution >= 4 is 29.1 Å². The van der Waals surface area contributed by atoms with Crippen LogP contribution in [-0.2, 0) is 4.79 Å². The maximum Gasteiger partial charge on any atom is 0.283 e. The van der Waals surface area contributed by atoms with Crippen molar-refractivity contribution in [2.45, 2.75) is 20.8 Å². The minimum Gasteiger partial charge on any atom is -0.484 e. The molecule has 0 aliphatic heterocycles. The number of nitrogens with one attached hydrogen (secondary N) is 1. The summed E-state index contributed by atoms with van der Waals surface area (Å²) in [6.45, 7) is 5.46. The molecule has 0 aliphatic rings. The highest BCUT2D eigenvalue weighted by Crippen LogP contribution is 2.26. The van der Waals surface area contributed by atoms with Gasteiger partial charge in [-0.2, -0.15) is 5.10 Å². The predicted octanol–water partition coefficient (Wildman–Crippen LogP) is 3.11. The van der Waals surface area contributed by atoms with Crippen LogP contribution >= 0.6 is 11.3 Å². The van der Waals surface area contributed by atoms with Gasteiger partial charge in [-0.1, -0.05) is 6.07 Å². The highest BCUT2D eigenvalue weighted by molar-refractivity contribution is 7.14. The molecule has 0 fully saturated rings. The monoisotopic (exact) mass is 347 g/mol. The lowest BCUT2D eigenvalue weighted by Crippen LogP contribution is -2.24. The standard InChI is InChI=1S/C16H17N3O4S/c1-10-4-5-13(6-11(10)2)23-9-16(20)18-17-8-14-7-15(19(21)22)12(3)24-14/h4-8H,9H2,1-3H3,(H,18,20). The molecule has 8 heteroatoms. The molecule has 0 saturated carbocycles. The number of rotatable bonds is 6. The summed E-state index contributed by atoms with van der Waals surface area (Å²) in [5, 5.41) is 14.5. The molecule has 1 amide bonds. The van der Waals surface area contributed by atoms with E-state index in [0.29, 0.717) is 15.5 Å². The maximum absolute atomic E-state index is 11.7. The Kier molecular flexibility index (Phi) is 5.64. The molecule has 0 radical (unpaired) electrons. The van der Waals surface area contributed by atoms with Crippen molar-refractivity contribution in [3.8, 4) is 5.75 Å². The summed E-state index contributed by atoms with van der Waals surface area (Å²) in [6.07, 6.45) is 1.37. The second-order valence-electron chi connectivity index (χ2n) is 5.18. The summed E-state index contributed by atoms with van der Waals surface area (Å²) in [7, 11) is 0. The largest absolute Gasteiger partial charge is 0.484 e. The van der Waals surface area contributed by atoms with Gasteiger partial charge >= 0.3 is 0 Å². The number of hydrazone groups is 1. The fraction of sp³-hybridized carbons (Fsp3) is 0.250. The molecule has 2 rings (SSSR count). The summed E-state index contributed by atoms with van der Waals surface area (Å²) < 4.78 is 5.39. The summed E-state index contributed by atoms with van der Waals surface area (Å²) >= 11 is 1.23. The Bertz CT molecular complexity index is 799. The normalized spacial score (nSPS) is 10.8. The highest BCUT2D eigenvalue weighted by Gasteiger charge is 2.14. The van der Waals surface area contributed by atoms with Crippen molar-refractivity contribution in [2.24, 2.45) is 5.10 Å². The average Bonchev–Trinajstić information content (AvgIpc) is 2.89. The van der Waals surface area contributed by atoms with Crippen LogP contribution < -0.4 is 10.2 Å². The Labute approximate surface area is 143 Å². The van der Waals surface area contributed by atoms with E-state index in [9.17, 15) is 14.9 Å². The first-order chi connectivity index (χ1) is 11.4. The second kappa shape index (κ2) is 7.69. The fourth-order valence-corrected chi connectivity index (χ4v) is 2.76. The third kappa shape index (κ3) is 4.63. The summed E-state index contributed by atoms with van der Waals surface area (Å²) in [5.41, 5.74) is 4.61. The first-order valence-corrected chi connectivity index (χ1v) is 7.95. The van der Waals surface area contributed by atoms with Crippen molar-refractivity contribution < 1.29 is 14.5 Å². The van der Waals surface area contributed by atoms with Crippen LogP contribution in [0.5, 0.6) is 5.75 Å². The highest BCUT2D eigenvalue weighted by atomic mass is 32.1. The van der Waals surface area contributed by atoms with E-state index in [0.717, 1.165) is 11.1 Å². The molecule has 0 aliphatic carbocycles. The number of nitrogens with zero attached hydrogens (tertiary/aromatic N) is 2. The van der Waals surface area contributed by atoms with Gasteiger partial charge in [0.1, 0.15) is 5.75 Å². The lowest BCUT2D eigenvalue weighted by Gasteiger charge is -2.07. The second-order valence-corrected chi connectivity index (χ2v) is 6.46. The van der Waals surface area contributed by atoms with E-state index in [2.05, 4.69) is 10.5 Å². The Morgan fingerprint density at radius 2 is 2.08 bits per heavy atom. The third-order valence-electron chi connectivity index (χ3n) is 3.34. The Morgan fingerprint density at radius 1 is 1.33 bits per heavy atom. The number of hydrogen-bond acceptors (Lipinski definition) is 6. The summed E-state index contributed by atoms with van der Waals surface area (Å²) in [4.78, 5) is 23.2. The lowest BCUT2D eigenvalue weighted by molar-refractivity contribution is -0.385. The predicted molar refractivity (Wildman–Crippen MR) is 92.9 cm³/mol. The quantitative estimate of drug-likeness (QED) is 0.493. The van der Waals surface area contributed by atoms with Crippen LogP contribution in [0.1, 0.15) is 20.9 Å². The lowest BCUT2D eigenvalue weighted by atomic mass is 10.1. The molecule has 0 spiro atoms. The first kappa shape index (κ1) is 17.6. The van der Waals surface area contributed by atoms with Crippen LogP contribution in [0.25, 0.3) is 0 Å². The van der Waals surface area contributed by atoms with Crippen molar-refractivity contribution in [3.63, 3.8) is 0 Å². The number of carbonyl (C=O) groups excluding carboxylic acids is 1. The molecule has 7 nitrogen and oxygen atoms in total. The van der Waals surface area contributed by atoms with Crippen LogP contribution in [0.15, 0.2) is 29.4 Å². The minimum absolute atomic E-state index is 0.0471. The molecule has 1 aromatic carbocycles. The van der Waals surface area contributed by atoms with E-state index in [4.69, 9.17) is 4.74 Å². The molecule has 0 saturated heterocycles. The summed E-state index contributed by atoms with van der Waals surface area (Å²) in [6, 6.07) is 7.00. The number of amides is 1. The van der Waals surface area contributed by atoms with Gasteiger partial charge in [-0.25, -0.2) is 5.43 Å². The van der Waals surface area contributed by atoms with E-state index in [-0.39, 0.29) is 12.3 Å². The van der Waals surface area contributed by atoms with Crippen LogP contribution in [0.2, 0.25) is 0 Å². The maximum atomic E-state index is 11.7. The van der Waals surface area contributed by atoms with Crippen molar-refractivity contribution in [3.05, 3.63) is 55.3 Å². The van der Waals surface area contributed by atoms with E-state index in [1.807, 2.05) is 26.0 Å². The van der Waals surface area contributed by atoms with Gasteiger partial charge in [-0.3, -0.25) is 14.9 Å². The van der Waals surface area contributed by atoms with Gasteiger partial charge in [0.05, 0.1) is 20.9 Å². The molecule has 1 aromatic heterocycles. The molecular weight excluding hydrogens is 330 g/mol. The SMILES string of the molecule is Cc1ccc(OCC(=O)NN=Cc2cc([N+](=O)[O-])c(C)s2)cc1C. The molecule has 126 valence electrons. The average molecular weight is 347 g/mol. The van der Waals surface area contributed by atoms with E-state index in [1.54, 1.807) is 13.0 Å². The Hall–Kier alpha value is -2.74. The number of aryl methyl sites for hydroxylation is 3. The van der Waals surface area contributed by atoms with Crippen LogP contribution in [0.3, 0.4) is 0 Å².